The summed E-state index contributed by atoms with van der Waals surface area (Å²) in [5, 5.41) is 4.45. The molecule has 3 aromatic heterocycles. The summed E-state index contributed by atoms with van der Waals surface area (Å²) in [6.45, 7) is 6.74. The molecule has 132 valence electrons. The molecule has 4 heterocycles. The number of morpholine rings is 1. The van der Waals surface area contributed by atoms with Crippen LogP contribution in [0.4, 0.5) is 11.6 Å². The zero-order valence-electron chi connectivity index (χ0n) is 14.4. The Bertz CT molecular complexity index is 892. The number of aryl methyl sites for hydroxylation is 1. The van der Waals surface area contributed by atoms with Gasteiger partial charge in [0.2, 0.25) is 0 Å². The fourth-order valence-electron chi connectivity index (χ4n) is 3.09. The number of ether oxygens (including phenoxy) is 2. The van der Waals surface area contributed by atoms with E-state index < -0.39 is 0 Å². The van der Waals surface area contributed by atoms with E-state index in [2.05, 4.69) is 33.2 Å². The molecule has 0 radical (unpaired) electrons. The molecule has 0 aromatic carbocycles. The van der Waals surface area contributed by atoms with E-state index in [1.807, 2.05) is 0 Å². The predicted octanol–water partition coefficient (Wildman–Crippen LogP) is 2.44. The van der Waals surface area contributed by atoms with Crippen LogP contribution in [0.1, 0.15) is 5.56 Å². The first kappa shape index (κ1) is 16.4. The van der Waals surface area contributed by atoms with Gasteiger partial charge in [-0.25, -0.2) is 15.0 Å². The lowest BCUT2D eigenvalue weighted by atomic mass is 10.2. The molecule has 0 saturated carbocycles. The maximum Gasteiger partial charge on any atom is 0.147 e. The van der Waals surface area contributed by atoms with E-state index in [0.717, 1.165) is 58.4 Å². The summed E-state index contributed by atoms with van der Waals surface area (Å²) in [4.78, 5) is 17.1. The van der Waals surface area contributed by atoms with Crippen molar-refractivity contribution in [3.8, 4) is 0 Å². The van der Waals surface area contributed by atoms with Gasteiger partial charge in [0.05, 0.1) is 30.0 Å². The van der Waals surface area contributed by atoms with Gasteiger partial charge < -0.3 is 19.7 Å². The Balaban J connectivity index is 1.78. The molecule has 7 nitrogen and oxygen atoms in total. The molecule has 1 N–H and O–H groups in total. The Morgan fingerprint density at radius 2 is 2.16 bits per heavy atom. The van der Waals surface area contributed by atoms with Gasteiger partial charge in [-0.3, -0.25) is 0 Å². The molecule has 1 fully saturated rings. The Kier molecular flexibility index (Phi) is 4.65. The third kappa shape index (κ3) is 3.12. The SMILES string of the molecule is COCCNc1ncnc2c1sc1nc(N3CCOCC3)cc(C)c12. The van der Waals surface area contributed by atoms with Gasteiger partial charge in [0.25, 0.3) is 0 Å². The van der Waals surface area contributed by atoms with Crippen LogP contribution in [0.2, 0.25) is 0 Å². The van der Waals surface area contributed by atoms with Gasteiger partial charge in [-0.05, 0) is 18.6 Å². The molecule has 4 rings (SSSR count). The standard InChI is InChI=1S/C17H21N5O2S/c1-11-9-12(22-4-7-24-8-5-22)21-17-13(11)14-15(25-17)16(20-10-19-14)18-3-6-23-2/h9-10H,3-8H2,1-2H3,(H,18,19,20). The van der Waals surface area contributed by atoms with E-state index in [0.29, 0.717) is 13.2 Å². The third-order valence-corrected chi connectivity index (χ3v) is 5.42. The molecule has 0 atom stereocenters. The van der Waals surface area contributed by atoms with Crippen molar-refractivity contribution in [2.45, 2.75) is 6.92 Å². The number of rotatable bonds is 5. The highest BCUT2D eigenvalue weighted by atomic mass is 32.1. The van der Waals surface area contributed by atoms with Gasteiger partial charge >= 0.3 is 0 Å². The lowest BCUT2D eigenvalue weighted by Crippen LogP contribution is -2.36. The van der Waals surface area contributed by atoms with Gasteiger partial charge in [0, 0.05) is 32.1 Å². The molecular formula is C17H21N5O2S. The molecule has 0 aliphatic carbocycles. The number of nitrogens with one attached hydrogen (secondary N) is 1. The van der Waals surface area contributed by atoms with Gasteiger partial charge in [0.15, 0.2) is 0 Å². The molecule has 0 bridgehead atoms. The summed E-state index contributed by atoms with van der Waals surface area (Å²) < 4.78 is 11.6. The number of methoxy groups -OCH3 is 1. The highest BCUT2D eigenvalue weighted by molar-refractivity contribution is 7.26. The van der Waals surface area contributed by atoms with Crippen LogP contribution in [-0.2, 0) is 9.47 Å². The maximum atomic E-state index is 5.45. The number of anilines is 2. The van der Waals surface area contributed by atoms with Crippen LogP contribution < -0.4 is 10.2 Å². The minimum absolute atomic E-state index is 0.634. The van der Waals surface area contributed by atoms with Crippen molar-refractivity contribution in [2.75, 3.05) is 56.8 Å². The number of thiophene rings is 1. The second-order valence-corrected chi connectivity index (χ2v) is 7.00. The molecule has 0 spiro atoms. The van der Waals surface area contributed by atoms with Crippen molar-refractivity contribution in [1.29, 1.82) is 0 Å². The number of aromatic nitrogens is 3. The van der Waals surface area contributed by atoms with Crippen molar-refractivity contribution < 1.29 is 9.47 Å². The second-order valence-electron chi connectivity index (χ2n) is 6.00. The van der Waals surface area contributed by atoms with E-state index in [1.54, 1.807) is 24.8 Å². The van der Waals surface area contributed by atoms with E-state index in [1.165, 1.54) is 5.56 Å². The van der Waals surface area contributed by atoms with Crippen LogP contribution in [0.15, 0.2) is 12.4 Å². The number of hydrogen-bond acceptors (Lipinski definition) is 8. The fraction of sp³-hybridized carbons (Fsp3) is 0.471. The third-order valence-electron chi connectivity index (χ3n) is 4.34. The highest BCUT2D eigenvalue weighted by Crippen LogP contribution is 2.37. The van der Waals surface area contributed by atoms with Crippen molar-refractivity contribution in [1.82, 2.24) is 15.0 Å². The van der Waals surface area contributed by atoms with E-state index >= 15 is 0 Å². The van der Waals surface area contributed by atoms with E-state index in [-0.39, 0.29) is 0 Å². The molecule has 25 heavy (non-hydrogen) atoms. The Morgan fingerprint density at radius 1 is 1.32 bits per heavy atom. The van der Waals surface area contributed by atoms with Gasteiger partial charge in [0.1, 0.15) is 22.8 Å². The number of hydrogen-bond donors (Lipinski definition) is 1. The average molecular weight is 359 g/mol. The first-order valence-electron chi connectivity index (χ1n) is 8.38. The van der Waals surface area contributed by atoms with E-state index in [4.69, 9.17) is 14.5 Å². The van der Waals surface area contributed by atoms with Crippen LogP contribution in [0, 0.1) is 6.92 Å². The molecular weight excluding hydrogens is 338 g/mol. The van der Waals surface area contributed by atoms with Gasteiger partial charge in [-0.15, -0.1) is 11.3 Å². The summed E-state index contributed by atoms with van der Waals surface area (Å²) in [6.07, 6.45) is 1.61. The Labute approximate surface area is 150 Å². The van der Waals surface area contributed by atoms with Crippen molar-refractivity contribution in [2.24, 2.45) is 0 Å². The Morgan fingerprint density at radius 3 is 2.96 bits per heavy atom. The molecule has 1 aliphatic heterocycles. The summed E-state index contributed by atoms with van der Waals surface area (Å²) in [6, 6.07) is 2.15. The van der Waals surface area contributed by atoms with Crippen LogP contribution in [0.3, 0.4) is 0 Å². The summed E-state index contributed by atoms with van der Waals surface area (Å²) in [5.74, 6) is 1.86. The van der Waals surface area contributed by atoms with Gasteiger partial charge in [-0.1, -0.05) is 0 Å². The molecule has 8 heteroatoms. The molecule has 0 amide bonds. The number of pyridine rings is 1. The van der Waals surface area contributed by atoms with Crippen LogP contribution in [0.5, 0.6) is 0 Å². The lowest BCUT2D eigenvalue weighted by Gasteiger charge is -2.28. The monoisotopic (exact) mass is 359 g/mol. The normalized spacial score (nSPS) is 15.2. The molecule has 3 aromatic rings. The van der Waals surface area contributed by atoms with Crippen molar-refractivity contribution in [3.05, 3.63) is 18.0 Å². The van der Waals surface area contributed by atoms with E-state index in [9.17, 15) is 0 Å². The largest absolute Gasteiger partial charge is 0.383 e. The second kappa shape index (κ2) is 7.07. The lowest BCUT2D eigenvalue weighted by molar-refractivity contribution is 0.122. The van der Waals surface area contributed by atoms with Gasteiger partial charge in [-0.2, -0.15) is 0 Å². The number of nitrogens with zero attached hydrogens (tertiary/aromatic N) is 4. The minimum Gasteiger partial charge on any atom is -0.383 e. The molecule has 1 saturated heterocycles. The molecule has 1 aliphatic rings. The highest BCUT2D eigenvalue weighted by Gasteiger charge is 2.18. The minimum atomic E-state index is 0.634. The van der Waals surface area contributed by atoms with Crippen LogP contribution in [0.25, 0.3) is 20.4 Å². The first-order valence-corrected chi connectivity index (χ1v) is 9.20. The maximum absolute atomic E-state index is 5.45. The van der Waals surface area contributed by atoms with Crippen molar-refractivity contribution >= 4 is 43.4 Å². The Hall–Kier alpha value is -2.03. The van der Waals surface area contributed by atoms with Crippen molar-refractivity contribution in [3.63, 3.8) is 0 Å². The fourth-order valence-corrected chi connectivity index (χ4v) is 4.25. The topological polar surface area (TPSA) is 72.4 Å². The summed E-state index contributed by atoms with van der Waals surface area (Å²) in [5.41, 5.74) is 2.16. The zero-order chi connectivity index (χ0) is 17.2. The number of fused-ring (bicyclic) bond motifs is 3. The van der Waals surface area contributed by atoms with Crippen LogP contribution >= 0.6 is 11.3 Å². The smallest absolute Gasteiger partial charge is 0.147 e. The molecule has 0 unspecified atom stereocenters. The summed E-state index contributed by atoms with van der Waals surface area (Å²) >= 11 is 1.64. The first-order chi connectivity index (χ1) is 12.3. The van der Waals surface area contributed by atoms with Crippen LogP contribution in [-0.4, -0.2) is 61.5 Å². The predicted molar refractivity (Wildman–Crippen MR) is 101 cm³/mol. The zero-order valence-corrected chi connectivity index (χ0v) is 15.2. The summed E-state index contributed by atoms with van der Waals surface area (Å²) in [7, 11) is 1.69. The average Bonchev–Trinajstić information content (AvgIpc) is 3.02. The quantitative estimate of drug-likeness (QED) is 0.702.